The molecule has 0 aromatic heterocycles. The van der Waals surface area contributed by atoms with Gasteiger partial charge in [0.2, 0.25) is 0 Å². The average Bonchev–Trinajstić information content (AvgIpc) is 2.61. The Labute approximate surface area is 132 Å². The van der Waals surface area contributed by atoms with Crippen LogP contribution in [0.4, 0.5) is 0 Å². The summed E-state index contributed by atoms with van der Waals surface area (Å²) >= 11 is 0. The second kappa shape index (κ2) is 5.05. The van der Waals surface area contributed by atoms with Crippen molar-refractivity contribution in [3.8, 4) is 11.1 Å². The van der Waals surface area contributed by atoms with Crippen LogP contribution in [-0.4, -0.2) is 8.07 Å². The zero-order valence-corrected chi connectivity index (χ0v) is 14.6. The van der Waals surface area contributed by atoms with Gasteiger partial charge in [-0.2, -0.15) is 23.8 Å². The van der Waals surface area contributed by atoms with Gasteiger partial charge in [0.15, 0.2) is 0 Å². The molecule has 1 unspecified atom stereocenters. The van der Waals surface area contributed by atoms with E-state index in [0.717, 1.165) is 0 Å². The minimum absolute atomic E-state index is 0. The molecule has 0 nitrogen and oxygen atoms in total. The molecule has 19 heavy (non-hydrogen) atoms. The predicted octanol–water partition coefficient (Wildman–Crippen LogP) is 4.78. The van der Waals surface area contributed by atoms with Crippen LogP contribution in [0.1, 0.15) is 22.2 Å². The van der Waals surface area contributed by atoms with E-state index in [2.05, 4.69) is 69.0 Å². The number of hydrogen-bond acceptors (Lipinski definition) is 0. The van der Waals surface area contributed by atoms with E-state index in [4.69, 9.17) is 0 Å². The van der Waals surface area contributed by atoms with Crippen molar-refractivity contribution < 1.29 is 21.7 Å². The fourth-order valence-corrected chi connectivity index (χ4v) is 5.41. The quantitative estimate of drug-likeness (QED) is 0.525. The van der Waals surface area contributed by atoms with Crippen LogP contribution < -0.4 is 0 Å². The van der Waals surface area contributed by atoms with Crippen LogP contribution in [-0.2, 0) is 21.7 Å². The summed E-state index contributed by atoms with van der Waals surface area (Å²) in [5.41, 5.74) is 7.65. The fraction of sp³-hybridized carbons (Fsp3) is 0.294. The smallest absolute Gasteiger partial charge is 0.0546 e. The summed E-state index contributed by atoms with van der Waals surface area (Å²) in [5, 5.41) is 0. The van der Waals surface area contributed by atoms with Gasteiger partial charge in [-0.25, -0.2) is 0 Å². The van der Waals surface area contributed by atoms with Gasteiger partial charge in [-0.05, 0) is 11.1 Å². The van der Waals surface area contributed by atoms with Crippen LogP contribution in [0.25, 0.3) is 11.1 Å². The maximum atomic E-state index is 3.63. The summed E-state index contributed by atoms with van der Waals surface area (Å²) in [5.74, 6) is 0. The molecule has 0 saturated heterocycles. The standard InChI is InChI=1S/C17H19Si.Ti/c1-12-9-10-14-13-7-5-6-8-15(13)17(16(14)11-12)18(2,3)4;/h5-10,17H,1-4H3;/q-1;. The summed E-state index contributed by atoms with van der Waals surface area (Å²) in [6, 6.07) is 17.0. The van der Waals surface area contributed by atoms with Crippen LogP contribution in [0.3, 0.4) is 0 Å². The summed E-state index contributed by atoms with van der Waals surface area (Å²) in [7, 11) is -1.28. The fourth-order valence-electron chi connectivity index (χ4n) is 3.13. The molecule has 0 spiro atoms. The van der Waals surface area contributed by atoms with Gasteiger partial charge in [-0.1, -0.05) is 56.4 Å². The Balaban J connectivity index is 0.00000133. The molecule has 0 heterocycles. The maximum Gasteiger partial charge on any atom is 0.0546 e. The third-order valence-electron chi connectivity index (χ3n) is 3.84. The van der Waals surface area contributed by atoms with E-state index in [1.807, 2.05) is 0 Å². The zero-order valence-electron chi connectivity index (χ0n) is 12.0. The molecule has 96 valence electrons. The first-order chi connectivity index (χ1) is 8.48. The Morgan fingerprint density at radius 2 is 1.63 bits per heavy atom. The molecule has 0 bridgehead atoms. The number of fused-ring (bicyclic) bond motifs is 3. The number of hydrogen-bond donors (Lipinski definition) is 0. The van der Waals surface area contributed by atoms with E-state index in [1.165, 1.54) is 27.8 Å². The van der Waals surface area contributed by atoms with E-state index in [1.54, 1.807) is 0 Å². The van der Waals surface area contributed by atoms with Crippen LogP contribution in [0.2, 0.25) is 19.6 Å². The van der Waals surface area contributed by atoms with Gasteiger partial charge in [0.25, 0.3) is 0 Å². The third-order valence-corrected chi connectivity index (χ3v) is 6.17. The van der Waals surface area contributed by atoms with Gasteiger partial charge in [-0.3, -0.25) is 0 Å². The van der Waals surface area contributed by atoms with Gasteiger partial charge in [0.05, 0.1) is 8.07 Å². The molecule has 0 saturated carbocycles. The Morgan fingerprint density at radius 1 is 0.947 bits per heavy atom. The number of rotatable bonds is 1. The van der Waals surface area contributed by atoms with Crippen molar-refractivity contribution in [2.45, 2.75) is 32.1 Å². The number of aryl methyl sites for hydroxylation is 1. The minimum atomic E-state index is -1.28. The van der Waals surface area contributed by atoms with Crippen LogP contribution in [0, 0.1) is 13.0 Å². The second-order valence-electron chi connectivity index (χ2n) is 6.35. The summed E-state index contributed by atoms with van der Waals surface area (Å²) in [6.07, 6.45) is 0. The van der Waals surface area contributed by atoms with Gasteiger partial charge in [0, 0.05) is 21.7 Å². The van der Waals surface area contributed by atoms with Gasteiger partial charge in [-0.15, -0.1) is 11.1 Å². The molecule has 2 aromatic rings. The molecule has 0 N–H and O–H groups in total. The average molecular weight is 299 g/mol. The topological polar surface area (TPSA) is 0 Å². The van der Waals surface area contributed by atoms with Crippen molar-refractivity contribution in [2.24, 2.45) is 0 Å². The van der Waals surface area contributed by atoms with E-state index < -0.39 is 8.07 Å². The monoisotopic (exact) mass is 299 g/mol. The van der Waals surface area contributed by atoms with Crippen LogP contribution in [0.5, 0.6) is 0 Å². The van der Waals surface area contributed by atoms with Crippen LogP contribution >= 0.6 is 0 Å². The molecule has 1 atom stereocenters. The van der Waals surface area contributed by atoms with Gasteiger partial charge >= 0.3 is 0 Å². The molecule has 2 aromatic carbocycles. The molecule has 3 rings (SSSR count). The van der Waals surface area contributed by atoms with Gasteiger partial charge < -0.3 is 0 Å². The van der Waals surface area contributed by atoms with Crippen LogP contribution in [0.15, 0.2) is 36.4 Å². The molecule has 0 amide bonds. The van der Waals surface area contributed by atoms with Crippen molar-refractivity contribution in [3.05, 3.63) is 59.2 Å². The van der Waals surface area contributed by atoms with E-state index >= 15 is 0 Å². The molecule has 0 fully saturated rings. The zero-order chi connectivity index (χ0) is 12.9. The first-order valence-corrected chi connectivity index (χ1v) is 10.2. The first-order valence-electron chi connectivity index (χ1n) is 6.60. The Bertz CT molecular complexity index is 611. The predicted molar refractivity (Wildman–Crippen MR) is 80.6 cm³/mol. The van der Waals surface area contributed by atoms with Gasteiger partial charge in [0.1, 0.15) is 0 Å². The summed E-state index contributed by atoms with van der Waals surface area (Å²) in [6.45, 7) is 9.52. The first kappa shape index (κ1) is 14.8. The van der Waals surface area contributed by atoms with E-state index in [-0.39, 0.29) is 21.7 Å². The Kier molecular flexibility index (Phi) is 3.92. The van der Waals surface area contributed by atoms with Crippen molar-refractivity contribution in [2.75, 3.05) is 0 Å². The molecular formula is C17H19SiTi-. The molecule has 2 heteroatoms. The SMILES string of the molecule is Cc1[c-]c2c(cc1)-c1ccccc1C2[Si](C)(C)C.[Ti]. The normalized spacial score (nSPS) is 16.5. The molecule has 0 radical (unpaired) electrons. The summed E-state index contributed by atoms with van der Waals surface area (Å²) in [4.78, 5) is 0. The van der Waals surface area contributed by atoms with Crippen molar-refractivity contribution in [1.29, 1.82) is 0 Å². The molecular weight excluding hydrogens is 280 g/mol. The van der Waals surface area contributed by atoms with E-state index in [0.29, 0.717) is 5.54 Å². The largest absolute Gasteiger partial charge is 0.176 e. The van der Waals surface area contributed by atoms with Crippen molar-refractivity contribution >= 4 is 8.07 Å². The Hall–Kier alpha value is -0.629. The summed E-state index contributed by atoms with van der Waals surface area (Å²) < 4.78 is 0. The Morgan fingerprint density at radius 3 is 2.32 bits per heavy atom. The molecule has 0 aliphatic heterocycles. The van der Waals surface area contributed by atoms with E-state index in [9.17, 15) is 0 Å². The molecule has 1 aliphatic rings. The van der Waals surface area contributed by atoms with Crippen molar-refractivity contribution in [1.82, 2.24) is 0 Å². The maximum absolute atomic E-state index is 3.63. The second-order valence-corrected chi connectivity index (χ2v) is 11.7. The third kappa shape index (κ3) is 2.40. The van der Waals surface area contributed by atoms with Crippen molar-refractivity contribution in [3.63, 3.8) is 0 Å². The number of benzene rings is 2. The minimum Gasteiger partial charge on any atom is -0.176 e. The molecule has 1 aliphatic carbocycles.